The van der Waals surface area contributed by atoms with E-state index >= 15 is 0 Å². The molecule has 3 heteroatoms. The van der Waals surface area contributed by atoms with Gasteiger partial charge in [-0.2, -0.15) is 0 Å². The van der Waals surface area contributed by atoms with Crippen LogP contribution in [0, 0.1) is 5.82 Å². The lowest BCUT2D eigenvalue weighted by atomic mass is 10.2. The second-order valence-corrected chi connectivity index (χ2v) is 4.14. The van der Waals surface area contributed by atoms with Crippen molar-refractivity contribution in [2.24, 2.45) is 0 Å². The van der Waals surface area contributed by atoms with Gasteiger partial charge in [-0.3, -0.25) is 0 Å². The third-order valence-corrected chi connectivity index (χ3v) is 3.09. The van der Waals surface area contributed by atoms with Crippen molar-refractivity contribution in [3.63, 3.8) is 0 Å². The van der Waals surface area contributed by atoms with E-state index in [0.717, 1.165) is 24.2 Å². The van der Waals surface area contributed by atoms with E-state index in [9.17, 15) is 4.39 Å². The zero-order chi connectivity index (χ0) is 10.3. The second kappa shape index (κ2) is 3.33. The lowest BCUT2D eigenvalue weighted by Crippen LogP contribution is -1.94. The van der Waals surface area contributed by atoms with E-state index in [4.69, 9.17) is 0 Å². The predicted molar refractivity (Wildman–Crippen MR) is 56.4 cm³/mol. The smallest absolute Gasteiger partial charge is 0.139 e. The van der Waals surface area contributed by atoms with Gasteiger partial charge in [-0.1, -0.05) is 6.42 Å². The third-order valence-electron chi connectivity index (χ3n) is 3.09. The first kappa shape index (κ1) is 8.89. The van der Waals surface area contributed by atoms with Gasteiger partial charge in [0, 0.05) is 11.9 Å². The van der Waals surface area contributed by atoms with Crippen molar-refractivity contribution < 1.29 is 4.39 Å². The number of rotatable bonds is 0. The van der Waals surface area contributed by atoms with Crippen LogP contribution < -0.4 is 0 Å². The molecule has 3 rings (SSSR count). The van der Waals surface area contributed by atoms with Crippen LogP contribution in [0.25, 0.3) is 5.65 Å². The van der Waals surface area contributed by atoms with Gasteiger partial charge in [-0.15, -0.1) is 0 Å². The first-order chi connectivity index (χ1) is 7.34. The minimum atomic E-state index is -0.188. The molecular weight excluding hydrogens is 191 g/mol. The fourth-order valence-corrected chi connectivity index (χ4v) is 2.34. The molecule has 0 fully saturated rings. The summed E-state index contributed by atoms with van der Waals surface area (Å²) in [4.78, 5) is 4.55. The number of aryl methyl sites for hydroxylation is 2. The van der Waals surface area contributed by atoms with Gasteiger partial charge in [-0.05, 0) is 37.8 Å². The fraction of sp³-hybridized carbons (Fsp3) is 0.417. The first-order valence-corrected chi connectivity index (χ1v) is 5.50. The number of aromatic nitrogens is 2. The molecule has 0 bridgehead atoms. The lowest BCUT2D eigenvalue weighted by molar-refractivity contribution is 0.616. The van der Waals surface area contributed by atoms with Crippen LogP contribution in [0.1, 0.15) is 30.7 Å². The van der Waals surface area contributed by atoms with E-state index in [0.29, 0.717) is 0 Å². The van der Waals surface area contributed by atoms with Crippen molar-refractivity contribution in [2.75, 3.05) is 0 Å². The molecule has 0 radical (unpaired) electrons. The molecule has 15 heavy (non-hydrogen) atoms. The van der Waals surface area contributed by atoms with Gasteiger partial charge in [0.05, 0.1) is 5.69 Å². The molecule has 0 atom stereocenters. The molecule has 0 aromatic carbocycles. The molecule has 2 aromatic rings. The molecule has 0 saturated carbocycles. The van der Waals surface area contributed by atoms with Gasteiger partial charge >= 0.3 is 0 Å². The molecule has 0 amide bonds. The number of imidazole rings is 1. The Kier molecular flexibility index (Phi) is 1.97. The molecule has 2 heterocycles. The summed E-state index contributed by atoms with van der Waals surface area (Å²) in [6.07, 6.45) is 7.27. The van der Waals surface area contributed by atoms with Crippen molar-refractivity contribution in [3.8, 4) is 0 Å². The summed E-state index contributed by atoms with van der Waals surface area (Å²) in [6, 6.07) is 3.23. The minimum Gasteiger partial charge on any atom is -0.301 e. The number of pyridine rings is 1. The van der Waals surface area contributed by atoms with Crippen molar-refractivity contribution in [3.05, 3.63) is 35.5 Å². The van der Waals surface area contributed by atoms with Gasteiger partial charge in [0.25, 0.3) is 0 Å². The molecule has 2 aromatic heterocycles. The van der Waals surface area contributed by atoms with Crippen molar-refractivity contribution >= 4 is 5.65 Å². The topological polar surface area (TPSA) is 17.3 Å². The summed E-state index contributed by atoms with van der Waals surface area (Å²) in [5.41, 5.74) is 3.25. The largest absolute Gasteiger partial charge is 0.301 e. The zero-order valence-electron chi connectivity index (χ0n) is 8.54. The molecule has 2 nitrogen and oxygen atoms in total. The van der Waals surface area contributed by atoms with E-state index in [2.05, 4.69) is 4.98 Å². The van der Waals surface area contributed by atoms with Crippen LogP contribution in [0.5, 0.6) is 0 Å². The van der Waals surface area contributed by atoms with Crippen LogP contribution in [0.4, 0.5) is 4.39 Å². The second-order valence-electron chi connectivity index (χ2n) is 4.14. The average Bonchev–Trinajstić information content (AvgIpc) is 2.44. The van der Waals surface area contributed by atoms with E-state index < -0.39 is 0 Å². The van der Waals surface area contributed by atoms with Crippen LogP contribution >= 0.6 is 0 Å². The van der Waals surface area contributed by atoms with Crippen molar-refractivity contribution in [2.45, 2.75) is 32.1 Å². The number of nitrogens with zero attached hydrogens (tertiary/aromatic N) is 2. The summed E-state index contributed by atoms with van der Waals surface area (Å²) in [5.74, 6) is -0.188. The van der Waals surface area contributed by atoms with Gasteiger partial charge < -0.3 is 4.40 Å². The van der Waals surface area contributed by atoms with E-state index in [1.165, 1.54) is 31.0 Å². The Morgan fingerprint density at radius 3 is 2.93 bits per heavy atom. The number of hydrogen-bond acceptors (Lipinski definition) is 1. The highest BCUT2D eigenvalue weighted by Crippen LogP contribution is 2.21. The Balaban J connectivity index is 2.24. The number of fused-ring (bicyclic) bond motifs is 3. The molecular formula is C12H13FN2. The van der Waals surface area contributed by atoms with E-state index in [1.54, 1.807) is 12.3 Å². The Hall–Kier alpha value is -1.38. The van der Waals surface area contributed by atoms with Crippen LogP contribution in [-0.2, 0) is 12.8 Å². The highest BCUT2D eigenvalue weighted by molar-refractivity contribution is 5.43. The fourth-order valence-electron chi connectivity index (χ4n) is 2.34. The molecule has 1 aliphatic rings. The monoisotopic (exact) mass is 204 g/mol. The molecule has 1 aliphatic carbocycles. The molecule has 0 aliphatic heterocycles. The van der Waals surface area contributed by atoms with Crippen molar-refractivity contribution in [1.29, 1.82) is 0 Å². The highest BCUT2D eigenvalue weighted by atomic mass is 19.1. The van der Waals surface area contributed by atoms with Crippen LogP contribution in [0.3, 0.4) is 0 Å². The summed E-state index contributed by atoms with van der Waals surface area (Å²) in [6.45, 7) is 0. The van der Waals surface area contributed by atoms with Gasteiger partial charge in [0.1, 0.15) is 11.5 Å². The molecule has 0 N–H and O–H groups in total. The highest BCUT2D eigenvalue weighted by Gasteiger charge is 2.14. The van der Waals surface area contributed by atoms with Crippen molar-refractivity contribution in [1.82, 2.24) is 9.38 Å². The number of halogens is 1. The van der Waals surface area contributed by atoms with E-state index in [-0.39, 0.29) is 5.82 Å². The van der Waals surface area contributed by atoms with Gasteiger partial charge in [0.15, 0.2) is 0 Å². The Morgan fingerprint density at radius 2 is 2.00 bits per heavy atom. The normalized spacial score (nSPS) is 16.3. The third kappa shape index (κ3) is 1.42. The average molecular weight is 204 g/mol. The lowest BCUT2D eigenvalue weighted by Gasteiger charge is -2.00. The SMILES string of the molecule is Fc1ccc2nc3c(n2c1)CCCCC3. The first-order valence-electron chi connectivity index (χ1n) is 5.50. The van der Waals surface area contributed by atoms with Crippen LogP contribution in [-0.4, -0.2) is 9.38 Å². The minimum absolute atomic E-state index is 0.188. The Bertz CT molecular complexity index is 502. The maximum absolute atomic E-state index is 13.1. The predicted octanol–water partition coefficient (Wildman–Crippen LogP) is 2.74. The van der Waals surface area contributed by atoms with E-state index in [1.807, 2.05) is 4.40 Å². The van der Waals surface area contributed by atoms with Gasteiger partial charge in [-0.25, -0.2) is 9.37 Å². The maximum Gasteiger partial charge on any atom is 0.139 e. The Labute approximate surface area is 87.8 Å². The zero-order valence-corrected chi connectivity index (χ0v) is 8.54. The summed E-state index contributed by atoms with van der Waals surface area (Å²) in [5, 5.41) is 0. The quantitative estimate of drug-likeness (QED) is 0.603. The summed E-state index contributed by atoms with van der Waals surface area (Å²) < 4.78 is 15.0. The summed E-state index contributed by atoms with van der Waals surface area (Å²) >= 11 is 0. The Morgan fingerprint density at radius 1 is 1.13 bits per heavy atom. The standard InChI is InChI=1S/C12H13FN2/c13-9-6-7-12-14-10-4-2-1-3-5-11(10)15(12)8-9/h6-8H,1-5H2. The van der Waals surface area contributed by atoms with Crippen LogP contribution in [0.2, 0.25) is 0 Å². The van der Waals surface area contributed by atoms with Gasteiger partial charge in [0.2, 0.25) is 0 Å². The summed E-state index contributed by atoms with van der Waals surface area (Å²) in [7, 11) is 0. The molecule has 0 spiro atoms. The molecule has 0 unspecified atom stereocenters. The molecule has 0 saturated heterocycles. The molecule has 78 valence electrons. The van der Waals surface area contributed by atoms with Crippen LogP contribution in [0.15, 0.2) is 18.3 Å². The maximum atomic E-state index is 13.1. The number of hydrogen-bond donors (Lipinski definition) is 0.